The monoisotopic (exact) mass is 243 g/mol. The molecule has 1 aromatic heterocycles. The maximum atomic E-state index is 6.01. The number of nitrogens with two attached hydrogens (primary N) is 1. The van der Waals surface area contributed by atoms with E-state index in [9.17, 15) is 0 Å². The van der Waals surface area contributed by atoms with Gasteiger partial charge < -0.3 is 10.5 Å². The molecule has 2 rings (SSSR count). The first-order chi connectivity index (χ1) is 8.75. The number of aryl methyl sites for hydroxylation is 1. The lowest BCUT2D eigenvalue weighted by Crippen LogP contribution is -2.15. The minimum Gasteiger partial charge on any atom is -0.494 e. The van der Waals surface area contributed by atoms with Crippen LogP contribution in [0.2, 0.25) is 0 Å². The van der Waals surface area contributed by atoms with Gasteiger partial charge in [0.15, 0.2) is 0 Å². The normalized spacial score (nSPS) is 12.1. The molecule has 1 aromatic carbocycles. The summed E-state index contributed by atoms with van der Waals surface area (Å²) in [5.74, 6) is 0.876. The zero-order valence-corrected chi connectivity index (χ0v) is 10.4. The number of rotatable bonds is 5. The van der Waals surface area contributed by atoms with Gasteiger partial charge in [0.25, 0.3) is 0 Å². The van der Waals surface area contributed by atoms with E-state index in [1.807, 2.05) is 31.2 Å². The number of ether oxygens (including phenoxy) is 1. The van der Waals surface area contributed by atoms with Gasteiger partial charge in [-0.1, -0.05) is 12.1 Å². The Morgan fingerprint density at radius 1 is 1.33 bits per heavy atom. The number of nitrogens with zero attached hydrogens (tertiary/aromatic N) is 2. The van der Waals surface area contributed by atoms with Gasteiger partial charge in [0, 0.05) is 25.0 Å². The Hall–Kier alpha value is -1.94. The summed E-state index contributed by atoms with van der Waals surface area (Å²) in [5.41, 5.74) is 7.99. The Balaban J connectivity index is 1.82. The summed E-state index contributed by atoms with van der Waals surface area (Å²) in [5, 5.41) is 0. The third-order valence-corrected chi connectivity index (χ3v) is 2.65. The van der Waals surface area contributed by atoms with Crippen LogP contribution in [0.25, 0.3) is 0 Å². The molecule has 0 saturated heterocycles. The van der Waals surface area contributed by atoms with E-state index in [1.54, 1.807) is 18.6 Å². The second kappa shape index (κ2) is 6.12. The quantitative estimate of drug-likeness (QED) is 0.875. The van der Waals surface area contributed by atoms with Crippen LogP contribution in [0.4, 0.5) is 0 Å². The third kappa shape index (κ3) is 3.53. The first-order valence-corrected chi connectivity index (χ1v) is 5.96. The van der Waals surface area contributed by atoms with Crippen molar-refractivity contribution in [2.75, 3.05) is 6.61 Å². The van der Waals surface area contributed by atoms with Crippen LogP contribution < -0.4 is 10.5 Å². The molecule has 1 heterocycles. The molecule has 94 valence electrons. The largest absolute Gasteiger partial charge is 0.494 e. The van der Waals surface area contributed by atoms with Gasteiger partial charge in [-0.3, -0.25) is 9.97 Å². The topological polar surface area (TPSA) is 61.0 Å². The second-order valence-electron chi connectivity index (χ2n) is 4.19. The second-order valence-corrected chi connectivity index (χ2v) is 4.19. The van der Waals surface area contributed by atoms with E-state index in [0.29, 0.717) is 13.0 Å². The zero-order valence-electron chi connectivity index (χ0n) is 10.4. The van der Waals surface area contributed by atoms with Crippen LogP contribution in [0, 0.1) is 6.92 Å². The minimum absolute atomic E-state index is 0.136. The van der Waals surface area contributed by atoms with Gasteiger partial charge in [-0.15, -0.1) is 0 Å². The van der Waals surface area contributed by atoms with E-state index in [2.05, 4.69) is 9.97 Å². The van der Waals surface area contributed by atoms with Crippen molar-refractivity contribution >= 4 is 0 Å². The lowest BCUT2D eigenvalue weighted by atomic mass is 10.2. The highest BCUT2D eigenvalue weighted by atomic mass is 16.5. The predicted molar refractivity (Wildman–Crippen MR) is 70.3 cm³/mol. The van der Waals surface area contributed by atoms with Crippen molar-refractivity contribution in [3.8, 4) is 5.75 Å². The highest BCUT2D eigenvalue weighted by Crippen LogP contribution is 2.14. The Morgan fingerprint density at radius 3 is 2.94 bits per heavy atom. The van der Waals surface area contributed by atoms with Crippen molar-refractivity contribution in [2.45, 2.75) is 19.4 Å². The van der Waals surface area contributed by atoms with Crippen LogP contribution in [0.1, 0.15) is 23.7 Å². The zero-order chi connectivity index (χ0) is 12.8. The van der Waals surface area contributed by atoms with Crippen LogP contribution in [-0.2, 0) is 0 Å². The van der Waals surface area contributed by atoms with Gasteiger partial charge in [0.2, 0.25) is 0 Å². The molecule has 0 fully saturated rings. The molecule has 0 radical (unpaired) electrons. The molecular weight excluding hydrogens is 226 g/mol. The van der Waals surface area contributed by atoms with Gasteiger partial charge in [0.05, 0.1) is 18.3 Å². The number of benzene rings is 1. The Kier molecular flexibility index (Phi) is 4.25. The Morgan fingerprint density at radius 2 is 2.22 bits per heavy atom. The standard InChI is InChI=1S/C14H17N3O/c1-11-3-2-4-12(9-11)18-8-5-13(15)14-10-16-6-7-17-14/h2-4,6-7,9-10,13H,5,8,15H2,1H3. The lowest BCUT2D eigenvalue weighted by molar-refractivity contribution is 0.297. The molecule has 0 spiro atoms. The van der Waals surface area contributed by atoms with E-state index in [0.717, 1.165) is 11.4 Å². The smallest absolute Gasteiger partial charge is 0.119 e. The highest BCUT2D eigenvalue weighted by Gasteiger charge is 2.07. The molecule has 0 aliphatic rings. The SMILES string of the molecule is Cc1cccc(OCCC(N)c2cnccn2)c1. The van der Waals surface area contributed by atoms with E-state index in [-0.39, 0.29) is 6.04 Å². The first-order valence-electron chi connectivity index (χ1n) is 5.96. The highest BCUT2D eigenvalue weighted by molar-refractivity contribution is 5.27. The van der Waals surface area contributed by atoms with Crippen molar-refractivity contribution in [3.63, 3.8) is 0 Å². The molecule has 0 aliphatic heterocycles. The fraction of sp³-hybridized carbons (Fsp3) is 0.286. The van der Waals surface area contributed by atoms with Gasteiger partial charge in [-0.25, -0.2) is 0 Å². The maximum absolute atomic E-state index is 6.01. The number of aromatic nitrogens is 2. The molecule has 0 bridgehead atoms. The fourth-order valence-electron chi connectivity index (χ4n) is 1.66. The maximum Gasteiger partial charge on any atom is 0.119 e. The number of hydrogen-bond acceptors (Lipinski definition) is 4. The van der Waals surface area contributed by atoms with Gasteiger partial charge in [-0.2, -0.15) is 0 Å². The summed E-state index contributed by atoms with van der Waals surface area (Å²) in [7, 11) is 0. The van der Waals surface area contributed by atoms with Crippen LogP contribution in [-0.4, -0.2) is 16.6 Å². The molecule has 18 heavy (non-hydrogen) atoms. The van der Waals surface area contributed by atoms with E-state index in [1.165, 1.54) is 5.56 Å². The van der Waals surface area contributed by atoms with Crippen LogP contribution >= 0.6 is 0 Å². The molecule has 4 heteroatoms. The predicted octanol–water partition coefficient (Wildman–Crippen LogP) is 2.25. The van der Waals surface area contributed by atoms with E-state index >= 15 is 0 Å². The molecule has 0 saturated carbocycles. The Bertz CT molecular complexity index is 487. The third-order valence-electron chi connectivity index (χ3n) is 2.65. The van der Waals surface area contributed by atoms with Crippen molar-refractivity contribution in [2.24, 2.45) is 5.73 Å². The van der Waals surface area contributed by atoms with Crippen molar-refractivity contribution in [1.29, 1.82) is 0 Å². The molecule has 1 atom stereocenters. The summed E-state index contributed by atoms with van der Waals surface area (Å²) < 4.78 is 5.65. The average molecular weight is 243 g/mol. The number of hydrogen-bond donors (Lipinski definition) is 1. The molecule has 0 aliphatic carbocycles. The van der Waals surface area contributed by atoms with Crippen LogP contribution in [0.3, 0.4) is 0 Å². The van der Waals surface area contributed by atoms with E-state index < -0.39 is 0 Å². The van der Waals surface area contributed by atoms with Gasteiger partial charge >= 0.3 is 0 Å². The lowest BCUT2D eigenvalue weighted by Gasteiger charge is -2.11. The van der Waals surface area contributed by atoms with Crippen molar-refractivity contribution in [3.05, 3.63) is 54.1 Å². The van der Waals surface area contributed by atoms with Crippen LogP contribution in [0.15, 0.2) is 42.9 Å². The fourth-order valence-corrected chi connectivity index (χ4v) is 1.66. The van der Waals surface area contributed by atoms with Gasteiger partial charge in [0.1, 0.15) is 5.75 Å². The summed E-state index contributed by atoms with van der Waals surface area (Å²) in [6, 6.07) is 7.84. The summed E-state index contributed by atoms with van der Waals surface area (Å²) in [6.45, 7) is 2.61. The molecule has 2 aromatic rings. The summed E-state index contributed by atoms with van der Waals surface area (Å²) in [6.07, 6.45) is 5.69. The first kappa shape index (κ1) is 12.5. The average Bonchev–Trinajstić information content (AvgIpc) is 2.40. The van der Waals surface area contributed by atoms with Crippen molar-refractivity contribution < 1.29 is 4.74 Å². The summed E-state index contributed by atoms with van der Waals surface area (Å²) >= 11 is 0. The molecular formula is C14H17N3O. The Labute approximate surface area is 107 Å². The van der Waals surface area contributed by atoms with Crippen molar-refractivity contribution in [1.82, 2.24) is 9.97 Å². The van der Waals surface area contributed by atoms with Gasteiger partial charge in [-0.05, 0) is 24.6 Å². The molecule has 2 N–H and O–H groups in total. The molecule has 4 nitrogen and oxygen atoms in total. The minimum atomic E-state index is -0.136. The summed E-state index contributed by atoms with van der Waals surface area (Å²) in [4.78, 5) is 8.18. The molecule has 1 unspecified atom stereocenters. The molecule has 0 amide bonds. The van der Waals surface area contributed by atoms with E-state index in [4.69, 9.17) is 10.5 Å². The van der Waals surface area contributed by atoms with Crippen LogP contribution in [0.5, 0.6) is 5.75 Å².